The highest BCUT2D eigenvalue weighted by atomic mass is 16.6. The Morgan fingerprint density at radius 2 is 2.21 bits per heavy atom. The van der Waals surface area contributed by atoms with Crippen LogP contribution in [0.5, 0.6) is 0 Å². The molecule has 1 fully saturated rings. The second kappa shape index (κ2) is 2.99. The standard InChI is InChI=1S/C12H15NO/c1-9-6-13(7-10-8-14-10)12-5-3-2-4-11(9)12/h2-5,9-10H,6-8H2,1H3/t9?,10-/m0/s1. The third-order valence-electron chi connectivity index (χ3n) is 3.13. The minimum absolute atomic E-state index is 0.494. The number of ether oxygens (including phenoxy) is 1. The van der Waals surface area contributed by atoms with Crippen LogP contribution in [0.15, 0.2) is 24.3 Å². The van der Waals surface area contributed by atoms with Gasteiger partial charge in [0.15, 0.2) is 0 Å². The lowest BCUT2D eigenvalue weighted by Gasteiger charge is -2.17. The molecule has 1 aromatic rings. The number of hydrogen-bond donors (Lipinski definition) is 0. The molecular weight excluding hydrogens is 174 g/mol. The molecule has 2 nitrogen and oxygen atoms in total. The molecule has 1 aromatic carbocycles. The van der Waals surface area contributed by atoms with Crippen molar-refractivity contribution in [2.24, 2.45) is 0 Å². The van der Waals surface area contributed by atoms with E-state index in [2.05, 4.69) is 36.1 Å². The number of fused-ring (bicyclic) bond motifs is 1. The van der Waals surface area contributed by atoms with E-state index in [0.717, 1.165) is 19.7 Å². The lowest BCUT2D eigenvalue weighted by Crippen LogP contribution is -2.25. The van der Waals surface area contributed by atoms with E-state index in [0.29, 0.717) is 12.0 Å². The van der Waals surface area contributed by atoms with Crippen LogP contribution >= 0.6 is 0 Å². The second-order valence-electron chi connectivity index (χ2n) is 4.32. The van der Waals surface area contributed by atoms with Gasteiger partial charge in [0.2, 0.25) is 0 Å². The van der Waals surface area contributed by atoms with Gasteiger partial charge in [0.25, 0.3) is 0 Å². The maximum absolute atomic E-state index is 5.28. The van der Waals surface area contributed by atoms with Crippen LogP contribution in [0.4, 0.5) is 5.69 Å². The Labute approximate surface area is 84.5 Å². The fourth-order valence-corrected chi connectivity index (χ4v) is 2.31. The van der Waals surface area contributed by atoms with Crippen LogP contribution in [0.1, 0.15) is 18.4 Å². The highest BCUT2D eigenvalue weighted by Crippen LogP contribution is 2.36. The molecule has 0 spiro atoms. The molecule has 1 unspecified atom stereocenters. The average molecular weight is 189 g/mol. The van der Waals surface area contributed by atoms with Gasteiger partial charge < -0.3 is 9.64 Å². The third-order valence-corrected chi connectivity index (χ3v) is 3.13. The predicted octanol–water partition coefficient (Wildman–Crippen LogP) is 2.01. The molecule has 0 amide bonds. The molecule has 2 heteroatoms. The largest absolute Gasteiger partial charge is 0.371 e. The summed E-state index contributed by atoms with van der Waals surface area (Å²) < 4.78 is 5.28. The summed E-state index contributed by atoms with van der Waals surface area (Å²) in [5.74, 6) is 0.671. The molecule has 0 radical (unpaired) electrons. The first kappa shape index (κ1) is 8.30. The van der Waals surface area contributed by atoms with Gasteiger partial charge in [0.1, 0.15) is 0 Å². The normalized spacial score (nSPS) is 29.1. The summed E-state index contributed by atoms with van der Waals surface area (Å²) >= 11 is 0. The zero-order valence-corrected chi connectivity index (χ0v) is 8.44. The number of rotatable bonds is 2. The van der Waals surface area contributed by atoms with Crippen molar-refractivity contribution >= 4 is 5.69 Å². The van der Waals surface area contributed by atoms with Crippen LogP contribution in [-0.4, -0.2) is 25.8 Å². The van der Waals surface area contributed by atoms with Crippen molar-refractivity contribution in [1.29, 1.82) is 0 Å². The van der Waals surface area contributed by atoms with Crippen molar-refractivity contribution in [3.63, 3.8) is 0 Å². The zero-order valence-electron chi connectivity index (χ0n) is 8.44. The van der Waals surface area contributed by atoms with Crippen LogP contribution in [0.25, 0.3) is 0 Å². The van der Waals surface area contributed by atoms with E-state index < -0.39 is 0 Å². The Hall–Kier alpha value is -1.02. The summed E-state index contributed by atoms with van der Waals surface area (Å²) in [6.45, 7) is 5.47. The minimum atomic E-state index is 0.494. The Balaban J connectivity index is 1.88. The van der Waals surface area contributed by atoms with E-state index in [1.807, 2.05) is 0 Å². The fraction of sp³-hybridized carbons (Fsp3) is 0.500. The fourth-order valence-electron chi connectivity index (χ4n) is 2.31. The molecule has 2 heterocycles. The van der Waals surface area contributed by atoms with Gasteiger partial charge in [-0.25, -0.2) is 0 Å². The highest BCUT2D eigenvalue weighted by molar-refractivity contribution is 5.60. The molecule has 3 rings (SSSR count). The van der Waals surface area contributed by atoms with E-state index in [4.69, 9.17) is 4.74 Å². The molecule has 0 aliphatic carbocycles. The summed E-state index contributed by atoms with van der Waals surface area (Å²) in [5.41, 5.74) is 2.91. The Morgan fingerprint density at radius 3 is 3.00 bits per heavy atom. The van der Waals surface area contributed by atoms with Gasteiger partial charge in [0.05, 0.1) is 12.7 Å². The number of hydrogen-bond acceptors (Lipinski definition) is 2. The van der Waals surface area contributed by atoms with Gasteiger partial charge in [-0.1, -0.05) is 25.1 Å². The summed E-state index contributed by atoms with van der Waals surface area (Å²) in [6.07, 6.45) is 0.494. The predicted molar refractivity (Wildman–Crippen MR) is 56.8 cm³/mol. The molecular formula is C12H15NO. The van der Waals surface area contributed by atoms with Crippen molar-refractivity contribution < 1.29 is 4.74 Å². The number of epoxide rings is 1. The topological polar surface area (TPSA) is 15.8 Å². The molecule has 2 aliphatic heterocycles. The monoisotopic (exact) mass is 189 g/mol. The van der Waals surface area contributed by atoms with Gasteiger partial charge in [-0.3, -0.25) is 0 Å². The smallest absolute Gasteiger partial charge is 0.0984 e. The molecule has 2 atom stereocenters. The first-order chi connectivity index (χ1) is 6.84. The van der Waals surface area contributed by atoms with Crippen LogP contribution in [0.3, 0.4) is 0 Å². The summed E-state index contributed by atoms with van der Waals surface area (Å²) in [6, 6.07) is 8.72. The van der Waals surface area contributed by atoms with Crippen molar-refractivity contribution in [2.75, 3.05) is 24.6 Å². The second-order valence-corrected chi connectivity index (χ2v) is 4.32. The van der Waals surface area contributed by atoms with Crippen molar-refractivity contribution in [1.82, 2.24) is 0 Å². The summed E-state index contributed by atoms with van der Waals surface area (Å²) in [5, 5.41) is 0. The first-order valence-electron chi connectivity index (χ1n) is 5.30. The quantitative estimate of drug-likeness (QED) is 0.661. The molecule has 0 aromatic heterocycles. The van der Waals surface area contributed by atoms with Crippen molar-refractivity contribution in [2.45, 2.75) is 18.9 Å². The molecule has 0 saturated carbocycles. The SMILES string of the molecule is CC1CN(C[C@H]2CO2)c2ccccc21. The summed E-state index contributed by atoms with van der Waals surface area (Å²) in [7, 11) is 0. The van der Waals surface area contributed by atoms with Gasteiger partial charge in [-0.2, -0.15) is 0 Å². The summed E-state index contributed by atoms with van der Waals surface area (Å²) in [4.78, 5) is 2.46. The van der Waals surface area contributed by atoms with E-state index in [9.17, 15) is 0 Å². The van der Waals surface area contributed by atoms with E-state index in [1.54, 1.807) is 0 Å². The number of para-hydroxylation sites is 1. The van der Waals surface area contributed by atoms with E-state index >= 15 is 0 Å². The first-order valence-corrected chi connectivity index (χ1v) is 5.30. The zero-order chi connectivity index (χ0) is 9.54. The number of nitrogens with zero attached hydrogens (tertiary/aromatic N) is 1. The third kappa shape index (κ3) is 1.30. The van der Waals surface area contributed by atoms with Crippen LogP contribution in [0.2, 0.25) is 0 Å². The van der Waals surface area contributed by atoms with Crippen LogP contribution in [0, 0.1) is 0 Å². The molecule has 2 aliphatic rings. The average Bonchev–Trinajstić information content (AvgIpc) is 2.95. The minimum Gasteiger partial charge on any atom is -0.371 e. The number of benzene rings is 1. The lowest BCUT2D eigenvalue weighted by atomic mass is 10.0. The molecule has 14 heavy (non-hydrogen) atoms. The van der Waals surface area contributed by atoms with Crippen molar-refractivity contribution in [3.05, 3.63) is 29.8 Å². The maximum Gasteiger partial charge on any atom is 0.0984 e. The maximum atomic E-state index is 5.28. The molecule has 0 bridgehead atoms. The Kier molecular flexibility index (Phi) is 1.77. The highest BCUT2D eigenvalue weighted by Gasteiger charge is 2.31. The molecule has 0 N–H and O–H groups in total. The van der Waals surface area contributed by atoms with Crippen molar-refractivity contribution in [3.8, 4) is 0 Å². The van der Waals surface area contributed by atoms with Gasteiger partial charge >= 0.3 is 0 Å². The van der Waals surface area contributed by atoms with E-state index in [1.165, 1.54) is 11.3 Å². The van der Waals surface area contributed by atoms with Crippen LogP contribution < -0.4 is 4.90 Å². The lowest BCUT2D eigenvalue weighted by molar-refractivity contribution is 0.408. The van der Waals surface area contributed by atoms with Crippen LogP contribution in [-0.2, 0) is 4.74 Å². The van der Waals surface area contributed by atoms with Gasteiger partial charge in [-0.15, -0.1) is 0 Å². The Bertz CT molecular complexity index is 344. The molecule has 74 valence electrons. The van der Waals surface area contributed by atoms with Gasteiger partial charge in [-0.05, 0) is 11.6 Å². The Morgan fingerprint density at radius 1 is 1.43 bits per heavy atom. The van der Waals surface area contributed by atoms with E-state index in [-0.39, 0.29) is 0 Å². The van der Waals surface area contributed by atoms with Gasteiger partial charge in [0, 0.05) is 24.7 Å². The molecule has 1 saturated heterocycles. The number of anilines is 1.